The van der Waals surface area contributed by atoms with Gasteiger partial charge in [-0.2, -0.15) is 0 Å². The quantitative estimate of drug-likeness (QED) is 0.865. The third kappa shape index (κ3) is 4.04. The van der Waals surface area contributed by atoms with E-state index in [1.807, 2.05) is 19.9 Å². The van der Waals surface area contributed by atoms with Crippen LogP contribution in [0.3, 0.4) is 0 Å². The molecular weight excluding hydrogens is 304 g/mol. The zero-order valence-corrected chi connectivity index (χ0v) is 14.2. The monoisotopic (exact) mass is 328 g/mol. The smallest absolute Gasteiger partial charge is 0.228 e. The fourth-order valence-corrected chi connectivity index (χ4v) is 3.20. The largest absolute Gasteiger partial charge is 0.395 e. The van der Waals surface area contributed by atoms with Crippen LogP contribution < -0.4 is 5.32 Å². The summed E-state index contributed by atoms with van der Waals surface area (Å²) in [5, 5.41) is 12.3. The van der Waals surface area contributed by atoms with Crippen molar-refractivity contribution in [2.24, 2.45) is 0 Å². The summed E-state index contributed by atoms with van der Waals surface area (Å²) in [6, 6.07) is 1.94. The van der Waals surface area contributed by atoms with Crippen molar-refractivity contribution in [3.63, 3.8) is 0 Å². The topological polar surface area (TPSA) is 87.1 Å². The standard InChI is InChI=1S/C17H24N6O/c1-12-11-13(2)21-17(20-12)22-16-15(18-5-6-19-16)14-3-7-23(8-4-14)9-10-24/h5-6,11,14,24H,3-4,7-10H2,1-2H3,(H,19,20,21,22). The van der Waals surface area contributed by atoms with Gasteiger partial charge >= 0.3 is 0 Å². The molecular formula is C17H24N6O. The average molecular weight is 328 g/mol. The minimum absolute atomic E-state index is 0.215. The number of likely N-dealkylation sites (tertiary alicyclic amines) is 1. The molecule has 2 aromatic heterocycles. The van der Waals surface area contributed by atoms with Crippen molar-refractivity contribution in [2.75, 3.05) is 31.6 Å². The molecule has 0 saturated carbocycles. The lowest BCUT2D eigenvalue weighted by molar-refractivity contribution is 0.163. The molecule has 2 N–H and O–H groups in total. The number of aryl methyl sites for hydroxylation is 2. The van der Waals surface area contributed by atoms with Gasteiger partial charge in [-0.3, -0.25) is 4.98 Å². The van der Waals surface area contributed by atoms with E-state index in [-0.39, 0.29) is 6.61 Å². The number of aliphatic hydroxyl groups is 1. The van der Waals surface area contributed by atoms with Crippen LogP contribution in [-0.2, 0) is 0 Å². The first-order chi connectivity index (χ1) is 11.7. The Morgan fingerprint density at radius 1 is 1.12 bits per heavy atom. The molecule has 2 aromatic rings. The lowest BCUT2D eigenvalue weighted by Gasteiger charge is -2.31. The number of piperidine rings is 1. The fourth-order valence-electron chi connectivity index (χ4n) is 3.20. The van der Waals surface area contributed by atoms with Gasteiger partial charge in [0.05, 0.1) is 12.3 Å². The molecule has 128 valence electrons. The Hall–Kier alpha value is -2.12. The van der Waals surface area contributed by atoms with Crippen LogP contribution in [-0.4, -0.2) is 56.2 Å². The summed E-state index contributed by atoms with van der Waals surface area (Å²) in [5.74, 6) is 1.66. The van der Waals surface area contributed by atoms with Gasteiger partial charge in [-0.25, -0.2) is 15.0 Å². The molecule has 24 heavy (non-hydrogen) atoms. The van der Waals surface area contributed by atoms with Gasteiger partial charge in [-0.15, -0.1) is 0 Å². The van der Waals surface area contributed by atoms with Crippen LogP contribution in [0.15, 0.2) is 18.5 Å². The predicted molar refractivity (Wildman–Crippen MR) is 92.3 cm³/mol. The number of nitrogens with one attached hydrogen (secondary N) is 1. The SMILES string of the molecule is Cc1cc(C)nc(Nc2nccnc2C2CCN(CCO)CC2)n1. The van der Waals surface area contributed by atoms with Gasteiger partial charge in [0.15, 0.2) is 5.82 Å². The van der Waals surface area contributed by atoms with Gasteiger partial charge < -0.3 is 15.3 Å². The number of β-amino-alcohol motifs (C(OH)–C–C–N with tert-alkyl or cyclic N) is 1. The van der Waals surface area contributed by atoms with E-state index >= 15 is 0 Å². The maximum Gasteiger partial charge on any atom is 0.228 e. The van der Waals surface area contributed by atoms with Gasteiger partial charge in [0.1, 0.15) is 0 Å². The van der Waals surface area contributed by atoms with E-state index in [1.54, 1.807) is 12.4 Å². The molecule has 0 aromatic carbocycles. The van der Waals surface area contributed by atoms with E-state index < -0.39 is 0 Å². The number of nitrogens with zero attached hydrogens (tertiary/aromatic N) is 5. The first-order valence-electron chi connectivity index (χ1n) is 8.39. The second kappa shape index (κ2) is 7.63. The van der Waals surface area contributed by atoms with E-state index in [4.69, 9.17) is 5.11 Å². The van der Waals surface area contributed by atoms with Gasteiger partial charge in [0.25, 0.3) is 0 Å². The molecule has 7 heteroatoms. The Balaban J connectivity index is 1.76. The van der Waals surface area contributed by atoms with Crippen molar-refractivity contribution in [1.29, 1.82) is 0 Å². The molecule has 1 aliphatic heterocycles. The molecule has 1 saturated heterocycles. The van der Waals surface area contributed by atoms with Crippen LogP contribution in [0, 0.1) is 13.8 Å². The lowest BCUT2D eigenvalue weighted by atomic mass is 9.93. The van der Waals surface area contributed by atoms with E-state index in [0.29, 0.717) is 11.9 Å². The highest BCUT2D eigenvalue weighted by Crippen LogP contribution is 2.31. The molecule has 0 bridgehead atoms. The van der Waals surface area contributed by atoms with Crippen molar-refractivity contribution in [3.05, 3.63) is 35.5 Å². The zero-order chi connectivity index (χ0) is 16.9. The van der Waals surface area contributed by atoms with Gasteiger partial charge in [0, 0.05) is 36.2 Å². The third-order valence-corrected chi connectivity index (χ3v) is 4.33. The van der Waals surface area contributed by atoms with Gasteiger partial charge in [-0.1, -0.05) is 0 Å². The Morgan fingerprint density at radius 2 is 1.79 bits per heavy atom. The van der Waals surface area contributed by atoms with Crippen LogP contribution >= 0.6 is 0 Å². The second-order valence-electron chi connectivity index (χ2n) is 6.23. The number of aliphatic hydroxyl groups excluding tert-OH is 1. The average Bonchev–Trinajstić information content (AvgIpc) is 2.56. The summed E-state index contributed by atoms with van der Waals surface area (Å²) < 4.78 is 0. The van der Waals surface area contributed by atoms with Crippen LogP contribution in [0.5, 0.6) is 0 Å². The van der Waals surface area contributed by atoms with Crippen LogP contribution in [0.4, 0.5) is 11.8 Å². The molecule has 1 aliphatic rings. The highest BCUT2D eigenvalue weighted by Gasteiger charge is 2.24. The molecule has 0 atom stereocenters. The molecule has 1 fully saturated rings. The third-order valence-electron chi connectivity index (χ3n) is 4.33. The fraction of sp³-hybridized carbons (Fsp3) is 0.529. The van der Waals surface area contributed by atoms with E-state index in [0.717, 1.165) is 55.4 Å². The Kier molecular flexibility index (Phi) is 5.32. The predicted octanol–water partition coefficient (Wildman–Crippen LogP) is 1.80. The summed E-state index contributed by atoms with van der Waals surface area (Å²) >= 11 is 0. The normalized spacial score (nSPS) is 16.3. The minimum atomic E-state index is 0.215. The summed E-state index contributed by atoms with van der Waals surface area (Å²) in [6.45, 7) is 6.81. The minimum Gasteiger partial charge on any atom is -0.395 e. The maximum atomic E-state index is 9.07. The Labute approximate surface area is 142 Å². The van der Waals surface area contributed by atoms with E-state index in [1.165, 1.54) is 0 Å². The van der Waals surface area contributed by atoms with Gasteiger partial charge in [0.2, 0.25) is 5.95 Å². The molecule has 0 amide bonds. The van der Waals surface area contributed by atoms with Crippen LogP contribution in [0.25, 0.3) is 0 Å². The molecule has 3 rings (SSSR count). The molecule has 0 aliphatic carbocycles. The number of hydrogen-bond donors (Lipinski definition) is 2. The van der Waals surface area contributed by atoms with Crippen molar-refractivity contribution in [3.8, 4) is 0 Å². The molecule has 0 radical (unpaired) electrons. The zero-order valence-electron chi connectivity index (χ0n) is 14.2. The molecule has 0 spiro atoms. The molecule has 0 unspecified atom stereocenters. The van der Waals surface area contributed by atoms with Crippen molar-refractivity contribution in [1.82, 2.24) is 24.8 Å². The highest BCUT2D eigenvalue weighted by atomic mass is 16.3. The number of aromatic nitrogens is 4. The number of rotatable bonds is 5. The van der Waals surface area contributed by atoms with Crippen LogP contribution in [0.2, 0.25) is 0 Å². The number of hydrogen-bond acceptors (Lipinski definition) is 7. The maximum absolute atomic E-state index is 9.07. The summed E-state index contributed by atoms with van der Waals surface area (Å²) in [7, 11) is 0. The van der Waals surface area contributed by atoms with Gasteiger partial charge in [-0.05, 0) is 45.8 Å². The molecule has 7 nitrogen and oxygen atoms in total. The van der Waals surface area contributed by atoms with Crippen molar-refractivity contribution >= 4 is 11.8 Å². The Morgan fingerprint density at radius 3 is 2.46 bits per heavy atom. The Bertz CT molecular complexity index is 664. The summed E-state index contributed by atoms with van der Waals surface area (Å²) in [6.07, 6.45) is 5.46. The second-order valence-corrected chi connectivity index (χ2v) is 6.23. The lowest BCUT2D eigenvalue weighted by Crippen LogP contribution is -2.35. The van der Waals surface area contributed by atoms with Crippen molar-refractivity contribution < 1.29 is 5.11 Å². The summed E-state index contributed by atoms with van der Waals surface area (Å²) in [5.41, 5.74) is 2.82. The first kappa shape index (κ1) is 16.7. The number of anilines is 2. The van der Waals surface area contributed by atoms with Crippen LogP contribution in [0.1, 0.15) is 35.8 Å². The first-order valence-corrected chi connectivity index (χ1v) is 8.39. The van der Waals surface area contributed by atoms with E-state index in [2.05, 4.69) is 30.2 Å². The molecule has 3 heterocycles. The summed E-state index contributed by atoms with van der Waals surface area (Å²) in [4.78, 5) is 20.2. The van der Waals surface area contributed by atoms with Crippen molar-refractivity contribution in [2.45, 2.75) is 32.6 Å². The van der Waals surface area contributed by atoms with E-state index in [9.17, 15) is 0 Å². The highest BCUT2D eigenvalue weighted by molar-refractivity contribution is 5.52.